The molecule has 0 bridgehead atoms. The molecule has 0 N–H and O–H groups in total. The highest BCUT2D eigenvalue weighted by Crippen LogP contribution is 2.44. The van der Waals surface area contributed by atoms with E-state index >= 15 is 0 Å². The van der Waals surface area contributed by atoms with Crippen LogP contribution in [-0.4, -0.2) is 18.8 Å². The van der Waals surface area contributed by atoms with E-state index in [1.165, 1.54) is 0 Å². The van der Waals surface area contributed by atoms with Gasteiger partial charge in [-0.2, -0.15) is 0 Å². The Balaban J connectivity index is 1.63. The van der Waals surface area contributed by atoms with Crippen LogP contribution in [0.4, 0.5) is 5.69 Å². The molecule has 0 aromatic heterocycles. The van der Waals surface area contributed by atoms with Gasteiger partial charge in [0, 0.05) is 5.69 Å². The van der Waals surface area contributed by atoms with Crippen molar-refractivity contribution in [1.82, 2.24) is 0 Å². The molecule has 1 atom stereocenters. The van der Waals surface area contributed by atoms with E-state index in [-0.39, 0.29) is 11.3 Å². The number of methoxy groups -OCH3 is 1. The zero-order valence-electron chi connectivity index (χ0n) is 15.2. The topological polar surface area (TPSA) is 38.8 Å². The van der Waals surface area contributed by atoms with Crippen molar-refractivity contribution in [2.45, 2.75) is 5.37 Å². The molecule has 0 radical (unpaired) electrons. The minimum atomic E-state index is -0.142. The average molecular weight is 412 g/mol. The molecule has 1 amide bonds. The van der Waals surface area contributed by atoms with Gasteiger partial charge < -0.3 is 9.47 Å². The molecule has 6 heteroatoms. The second-order valence-electron chi connectivity index (χ2n) is 6.23. The number of amides is 1. The van der Waals surface area contributed by atoms with Gasteiger partial charge in [-0.1, -0.05) is 41.9 Å². The van der Waals surface area contributed by atoms with E-state index in [1.54, 1.807) is 35.9 Å². The first-order valence-corrected chi connectivity index (χ1v) is 10.2. The summed E-state index contributed by atoms with van der Waals surface area (Å²) in [5.74, 6) is 2.55. The monoisotopic (exact) mass is 411 g/mol. The summed E-state index contributed by atoms with van der Waals surface area (Å²) in [6.07, 6.45) is 0. The van der Waals surface area contributed by atoms with Crippen molar-refractivity contribution in [3.8, 4) is 17.2 Å². The molecule has 1 aliphatic rings. The summed E-state index contributed by atoms with van der Waals surface area (Å²) in [5, 5.41) is 0.334. The van der Waals surface area contributed by atoms with Crippen molar-refractivity contribution >= 4 is 35.0 Å². The van der Waals surface area contributed by atoms with E-state index < -0.39 is 0 Å². The number of carbonyl (C=O) groups excluding carboxylic acids is 1. The van der Waals surface area contributed by atoms with Crippen molar-refractivity contribution in [2.24, 2.45) is 0 Å². The third-order valence-corrected chi connectivity index (χ3v) is 5.91. The molecule has 0 spiro atoms. The van der Waals surface area contributed by atoms with Crippen LogP contribution in [-0.2, 0) is 4.79 Å². The van der Waals surface area contributed by atoms with E-state index in [2.05, 4.69) is 0 Å². The molecule has 0 saturated carbocycles. The summed E-state index contributed by atoms with van der Waals surface area (Å²) < 4.78 is 11.2. The number of benzene rings is 3. The molecular weight excluding hydrogens is 394 g/mol. The first-order chi connectivity index (χ1) is 13.7. The zero-order valence-corrected chi connectivity index (χ0v) is 16.7. The summed E-state index contributed by atoms with van der Waals surface area (Å²) in [7, 11) is 1.57. The number of nitrogens with zero attached hydrogens (tertiary/aromatic N) is 1. The van der Waals surface area contributed by atoms with E-state index in [1.807, 2.05) is 60.7 Å². The summed E-state index contributed by atoms with van der Waals surface area (Å²) >= 11 is 7.86. The van der Waals surface area contributed by atoms with Gasteiger partial charge in [-0.05, 0) is 48.0 Å². The Morgan fingerprint density at radius 3 is 2.54 bits per heavy atom. The van der Waals surface area contributed by atoms with E-state index in [9.17, 15) is 4.79 Å². The van der Waals surface area contributed by atoms with Gasteiger partial charge in [0.1, 0.15) is 22.6 Å². The third kappa shape index (κ3) is 3.81. The van der Waals surface area contributed by atoms with E-state index in [0.717, 1.165) is 22.7 Å². The van der Waals surface area contributed by atoms with Crippen molar-refractivity contribution in [3.63, 3.8) is 0 Å². The number of hydrogen-bond acceptors (Lipinski definition) is 4. The Kier molecular flexibility index (Phi) is 5.46. The lowest BCUT2D eigenvalue weighted by Gasteiger charge is -2.25. The number of carbonyl (C=O) groups is 1. The second kappa shape index (κ2) is 8.17. The van der Waals surface area contributed by atoms with Gasteiger partial charge in [-0.3, -0.25) is 9.69 Å². The SMILES string of the molecule is COc1ccc(N2C(=O)CSC2c2cccc(Oc3ccccc3)c2)cc1Cl. The zero-order chi connectivity index (χ0) is 19.5. The summed E-state index contributed by atoms with van der Waals surface area (Å²) in [6.45, 7) is 0. The number of anilines is 1. The van der Waals surface area contributed by atoms with Crippen molar-refractivity contribution in [1.29, 1.82) is 0 Å². The van der Waals surface area contributed by atoms with Crippen LogP contribution in [0.2, 0.25) is 5.02 Å². The maximum Gasteiger partial charge on any atom is 0.238 e. The number of ether oxygens (including phenoxy) is 2. The molecule has 4 nitrogen and oxygen atoms in total. The predicted molar refractivity (Wildman–Crippen MR) is 114 cm³/mol. The molecule has 0 aliphatic carbocycles. The van der Waals surface area contributed by atoms with Crippen molar-refractivity contribution < 1.29 is 14.3 Å². The quantitative estimate of drug-likeness (QED) is 0.522. The van der Waals surface area contributed by atoms with Crippen molar-refractivity contribution in [3.05, 3.63) is 83.4 Å². The molecule has 142 valence electrons. The van der Waals surface area contributed by atoms with Crippen LogP contribution in [0.15, 0.2) is 72.8 Å². The lowest BCUT2D eigenvalue weighted by molar-refractivity contribution is -0.115. The van der Waals surface area contributed by atoms with Crippen LogP contribution >= 0.6 is 23.4 Å². The molecular formula is C22H18ClNO3S. The minimum Gasteiger partial charge on any atom is -0.495 e. The molecule has 1 heterocycles. The number of halogens is 1. The largest absolute Gasteiger partial charge is 0.495 e. The third-order valence-electron chi connectivity index (χ3n) is 4.40. The lowest BCUT2D eigenvalue weighted by atomic mass is 10.1. The van der Waals surface area contributed by atoms with Gasteiger partial charge in [0.25, 0.3) is 0 Å². The van der Waals surface area contributed by atoms with Gasteiger partial charge in [-0.25, -0.2) is 0 Å². The van der Waals surface area contributed by atoms with Gasteiger partial charge in [-0.15, -0.1) is 11.8 Å². The highest BCUT2D eigenvalue weighted by atomic mass is 35.5. The average Bonchev–Trinajstić information content (AvgIpc) is 3.10. The Morgan fingerprint density at radius 2 is 1.79 bits per heavy atom. The van der Waals surface area contributed by atoms with Gasteiger partial charge in [0.05, 0.1) is 17.9 Å². The van der Waals surface area contributed by atoms with Gasteiger partial charge >= 0.3 is 0 Å². The molecule has 28 heavy (non-hydrogen) atoms. The number of hydrogen-bond donors (Lipinski definition) is 0. The molecule has 4 rings (SSSR count). The fourth-order valence-electron chi connectivity index (χ4n) is 3.11. The molecule has 3 aromatic rings. The Morgan fingerprint density at radius 1 is 1.00 bits per heavy atom. The molecule has 1 aliphatic heterocycles. The molecule has 1 fully saturated rings. The normalized spacial score (nSPS) is 16.3. The summed E-state index contributed by atoms with van der Waals surface area (Å²) in [6, 6.07) is 22.9. The highest BCUT2D eigenvalue weighted by molar-refractivity contribution is 8.00. The van der Waals surface area contributed by atoms with Gasteiger partial charge in [0.2, 0.25) is 5.91 Å². The maximum atomic E-state index is 12.6. The Hall–Kier alpha value is -2.63. The smallest absolute Gasteiger partial charge is 0.238 e. The number of para-hydroxylation sites is 1. The number of rotatable bonds is 5. The van der Waals surface area contributed by atoms with Crippen molar-refractivity contribution in [2.75, 3.05) is 17.8 Å². The molecule has 3 aromatic carbocycles. The number of thioether (sulfide) groups is 1. The van der Waals surface area contributed by atoms with E-state index in [4.69, 9.17) is 21.1 Å². The first kappa shape index (κ1) is 18.7. The Labute approximate surface area is 173 Å². The molecule has 1 unspecified atom stereocenters. The standard InChI is InChI=1S/C22H18ClNO3S/c1-26-20-11-10-16(13-19(20)23)24-21(25)14-28-22(24)15-6-5-9-18(12-15)27-17-7-3-2-4-8-17/h2-13,22H,14H2,1H3. The predicted octanol–water partition coefficient (Wildman–Crippen LogP) is 5.92. The van der Waals surface area contributed by atoms with Crippen LogP contribution in [0.25, 0.3) is 0 Å². The lowest BCUT2D eigenvalue weighted by Crippen LogP contribution is -2.27. The minimum absolute atomic E-state index is 0.0469. The van der Waals surface area contributed by atoms with Crippen LogP contribution in [0, 0.1) is 0 Å². The van der Waals surface area contributed by atoms with Crippen LogP contribution in [0.3, 0.4) is 0 Å². The molecule has 1 saturated heterocycles. The maximum absolute atomic E-state index is 12.6. The van der Waals surface area contributed by atoms with Crippen LogP contribution in [0.5, 0.6) is 17.2 Å². The summed E-state index contributed by atoms with van der Waals surface area (Å²) in [5.41, 5.74) is 1.75. The highest BCUT2D eigenvalue weighted by Gasteiger charge is 2.34. The van der Waals surface area contributed by atoms with Crippen LogP contribution < -0.4 is 14.4 Å². The van der Waals surface area contributed by atoms with Gasteiger partial charge in [0.15, 0.2) is 0 Å². The first-order valence-electron chi connectivity index (χ1n) is 8.76. The Bertz CT molecular complexity index is 996. The second-order valence-corrected chi connectivity index (χ2v) is 7.71. The fourth-order valence-corrected chi connectivity index (χ4v) is 4.53. The van der Waals surface area contributed by atoms with E-state index in [0.29, 0.717) is 16.5 Å². The fraction of sp³-hybridized carbons (Fsp3) is 0.136. The summed E-state index contributed by atoms with van der Waals surface area (Å²) in [4.78, 5) is 14.4. The van der Waals surface area contributed by atoms with Crippen LogP contribution in [0.1, 0.15) is 10.9 Å².